The van der Waals surface area contributed by atoms with Gasteiger partial charge in [0.25, 0.3) is 0 Å². The Morgan fingerprint density at radius 1 is 1.07 bits per heavy atom. The lowest BCUT2D eigenvalue weighted by Crippen LogP contribution is -2.26. The van der Waals surface area contributed by atoms with E-state index in [2.05, 4.69) is 12.0 Å². The van der Waals surface area contributed by atoms with Gasteiger partial charge in [0.15, 0.2) is 0 Å². The molecule has 1 aliphatic heterocycles. The number of hydrogen-bond donors (Lipinski definition) is 0. The lowest BCUT2D eigenvalue weighted by atomic mass is 9.98. The fourth-order valence-corrected chi connectivity index (χ4v) is 4.08. The molecule has 0 saturated carbocycles. The highest BCUT2D eigenvalue weighted by Crippen LogP contribution is 2.37. The normalized spacial score (nSPS) is 17.0. The van der Waals surface area contributed by atoms with Crippen LogP contribution in [0.15, 0.2) is 47.6 Å². The third kappa shape index (κ3) is 4.08. The first-order valence-corrected chi connectivity index (χ1v) is 10.6. The Labute approximate surface area is 160 Å². The van der Waals surface area contributed by atoms with E-state index in [-0.39, 0.29) is 0 Å². The highest BCUT2D eigenvalue weighted by Gasteiger charge is 2.35. The van der Waals surface area contributed by atoms with Crippen molar-refractivity contribution in [3.8, 4) is 11.5 Å². The minimum atomic E-state index is -3.53. The largest absolute Gasteiger partial charge is 0.497 e. The van der Waals surface area contributed by atoms with E-state index in [9.17, 15) is 8.42 Å². The summed E-state index contributed by atoms with van der Waals surface area (Å²) in [7, 11) is -0.392. The molecule has 0 bridgehead atoms. The summed E-state index contributed by atoms with van der Waals surface area (Å²) in [6.45, 7) is 2.10. The molecule has 0 unspecified atom stereocenters. The van der Waals surface area contributed by atoms with Gasteiger partial charge in [0.1, 0.15) is 11.5 Å². The number of aryl methyl sites for hydroxylation is 1. The Balaban J connectivity index is 2.01. The third-order valence-corrected chi connectivity index (χ3v) is 5.68. The second-order valence-electron chi connectivity index (χ2n) is 6.50. The molecule has 0 radical (unpaired) electrons. The molecule has 27 heavy (non-hydrogen) atoms. The van der Waals surface area contributed by atoms with Crippen LogP contribution < -0.4 is 9.47 Å². The molecule has 0 N–H and O–H groups in total. The van der Waals surface area contributed by atoms with Gasteiger partial charge in [0.05, 0.1) is 32.2 Å². The van der Waals surface area contributed by atoms with Gasteiger partial charge in [-0.05, 0) is 35.2 Å². The molecule has 0 spiro atoms. The zero-order valence-electron chi connectivity index (χ0n) is 16.0. The maximum atomic E-state index is 12.4. The summed E-state index contributed by atoms with van der Waals surface area (Å²) in [6, 6.07) is 13.0. The molecule has 144 valence electrons. The first-order valence-electron chi connectivity index (χ1n) is 8.75. The number of nitrogens with zero attached hydrogens (tertiary/aromatic N) is 2. The van der Waals surface area contributed by atoms with Crippen LogP contribution >= 0.6 is 0 Å². The third-order valence-electron chi connectivity index (χ3n) is 4.67. The lowest BCUT2D eigenvalue weighted by molar-refractivity contribution is 0.364. The van der Waals surface area contributed by atoms with E-state index >= 15 is 0 Å². The van der Waals surface area contributed by atoms with Gasteiger partial charge < -0.3 is 9.47 Å². The van der Waals surface area contributed by atoms with Crippen LogP contribution in [-0.2, 0) is 16.4 Å². The van der Waals surface area contributed by atoms with E-state index in [1.54, 1.807) is 20.3 Å². The summed E-state index contributed by atoms with van der Waals surface area (Å²) >= 11 is 0. The number of ether oxygens (including phenoxy) is 2. The van der Waals surface area contributed by atoms with Crippen LogP contribution in [0.1, 0.15) is 36.1 Å². The van der Waals surface area contributed by atoms with E-state index in [4.69, 9.17) is 9.47 Å². The minimum absolute atomic E-state index is 0.440. The van der Waals surface area contributed by atoms with Gasteiger partial charge in [-0.15, -0.1) is 0 Å². The summed E-state index contributed by atoms with van der Waals surface area (Å²) in [5.41, 5.74) is 3.68. The quantitative estimate of drug-likeness (QED) is 0.761. The van der Waals surface area contributed by atoms with Gasteiger partial charge >= 0.3 is 0 Å². The topological polar surface area (TPSA) is 68.2 Å². The van der Waals surface area contributed by atoms with Crippen molar-refractivity contribution in [1.29, 1.82) is 0 Å². The van der Waals surface area contributed by atoms with Crippen molar-refractivity contribution < 1.29 is 17.9 Å². The molecular weight excluding hydrogens is 364 g/mol. The molecule has 0 aliphatic carbocycles. The lowest BCUT2D eigenvalue weighted by Gasteiger charge is -2.22. The molecule has 6 nitrogen and oxygen atoms in total. The summed E-state index contributed by atoms with van der Waals surface area (Å²) < 4.78 is 36.6. The van der Waals surface area contributed by atoms with Gasteiger partial charge in [-0.2, -0.15) is 9.52 Å². The minimum Gasteiger partial charge on any atom is -0.497 e. The summed E-state index contributed by atoms with van der Waals surface area (Å²) in [4.78, 5) is 0. The molecule has 1 aliphatic rings. The molecule has 0 saturated heterocycles. The van der Waals surface area contributed by atoms with Crippen molar-refractivity contribution in [3.05, 3.63) is 59.2 Å². The van der Waals surface area contributed by atoms with Gasteiger partial charge in [0, 0.05) is 12.5 Å². The average molecular weight is 388 g/mol. The Bertz CT molecular complexity index is 930. The highest BCUT2D eigenvalue weighted by atomic mass is 32.2. The van der Waals surface area contributed by atoms with Crippen molar-refractivity contribution in [2.75, 3.05) is 20.5 Å². The number of sulfonamides is 1. The zero-order chi connectivity index (χ0) is 19.6. The van der Waals surface area contributed by atoms with Crippen molar-refractivity contribution in [1.82, 2.24) is 4.41 Å². The van der Waals surface area contributed by atoms with E-state index < -0.39 is 16.1 Å². The molecule has 1 heterocycles. The van der Waals surface area contributed by atoms with E-state index in [1.165, 1.54) is 16.2 Å². The fourth-order valence-electron chi connectivity index (χ4n) is 3.17. The first-order chi connectivity index (χ1) is 12.9. The van der Waals surface area contributed by atoms with Crippen molar-refractivity contribution in [3.63, 3.8) is 0 Å². The standard InChI is InChI=1S/C20H24N2O4S/c1-5-14-6-8-15(9-7-14)19-13-20(22(21-19)27(4,23)24)16-10-17(25-2)12-18(11-16)26-3/h6-12,20H,5,13H2,1-4H3/t20-/m1/s1. The number of hydrazone groups is 1. The molecule has 2 aromatic carbocycles. The molecule has 0 fully saturated rings. The molecular formula is C20H24N2O4S. The van der Waals surface area contributed by atoms with E-state index in [0.717, 1.165) is 23.3 Å². The summed E-state index contributed by atoms with van der Waals surface area (Å²) in [5.74, 6) is 1.22. The Morgan fingerprint density at radius 3 is 2.15 bits per heavy atom. The predicted molar refractivity (Wildman–Crippen MR) is 106 cm³/mol. The molecule has 0 aromatic heterocycles. The predicted octanol–water partition coefficient (Wildman–Crippen LogP) is 3.38. The number of hydrogen-bond acceptors (Lipinski definition) is 5. The molecule has 0 amide bonds. The van der Waals surface area contributed by atoms with Crippen LogP contribution in [0.5, 0.6) is 11.5 Å². The smallest absolute Gasteiger partial charge is 0.247 e. The number of methoxy groups -OCH3 is 2. The maximum absolute atomic E-state index is 12.4. The first kappa shape index (κ1) is 19.2. The van der Waals surface area contributed by atoms with Crippen molar-refractivity contribution >= 4 is 15.7 Å². The Hall–Kier alpha value is -2.54. The molecule has 7 heteroatoms. The van der Waals surface area contributed by atoms with Gasteiger partial charge in [-0.25, -0.2) is 8.42 Å². The average Bonchev–Trinajstić information content (AvgIpc) is 3.13. The fraction of sp³-hybridized carbons (Fsp3) is 0.350. The Kier molecular flexibility index (Phi) is 5.41. The monoisotopic (exact) mass is 388 g/mol. The second kappa shape index (κ2) is 7.60. The molecule has 3 rings (SSSR count). The van der Waals surface area contributed by atoms with Gasteiger partial charge in [0.2, 0.25) is 10.0 Å². The number of benzene rings is 2. The molecule has 1 atom stereocenters. The van der Waals surface area contributed by atoms with Gasteiger partial charge in [-0.3, -0.25) is 0 Å². The summed E-state index contributed by atoms with van der Waals surface area (Å²) in [5, 5.41) is 4.43. The zero-order valence-corrected chi connectivity index (χ0v) is 16.8. The van der Waals surface area contributed by atoms with Crippen LogP contribution in [0.2, 0.25) is 0 Å². The highest BCUT2D eigenvalue weighted by molar-refractivity contribution is 7.88. The van der Waals surface area contributed by atoms with E-state index in [0.29, 0.717) is 17.9 Å². The second-order valence-corrected chi connectivity index (χ2v) is 8.34. The molecule has 2 aromatic rings. The Morgan fingerprint density at radius 2 is 1.67 bits per heavy atom. The van der Waals surface area contributed by atoms with E-state index in [1.807, 2.05) is 36.4 Å². The van der Waals surface area contributed by atoms with Crippen LogP contribution in [0.4, 0.5) is 0 Å². The van der Waals surface area contributed by atoms with Crippen LogP contribution in [0, 0.1) is 0 Å². The summed E-state index contributed by atoms with van der Waals surface area (Å²) in [6.07, 6.45) is 2.60. The van der Waals surface area contributed by atoms with Crippen molar-refractivity contribution in [2.24, 2.45) is 5.10 Å². The van der Waals surface area contributed by atoms with Crippen LogP contribution in [0.25, 0.3) is 0 Å². The van der Waals surface area contributed by atoms with Crippen molar-refractivity contribution in [2.45, 2.75) is 25.8 Å². The van der Waals surface area contributed by atoms with Crippen LogP contribution in [-0.4, -0.2) is 39.0 Å². The maximum Gasteiger partial charge on any atom is 0.247 e. The van der Waals surface area contributed by atoms with Gasteiger partial charge in [-0.1, -0.05) is 31.2 Å². The van der Waals surface area contributed by atoms with Crippen LogP contribution in [0.3, 0.4) is 0 Å². The number of rotatable bonds is 6. The SMILES string of the molecule is CCc1ccc(C2=NN(S(C)(=O)=O)[C@@H](c3cc(OC)cc(OC)c3)C2)cc1.